The SMILES string of the molecule is Cc1ccc(Oc2cccc3c(-c4cc5nccc(C(=O)O)c5[nH]4)nn(C)c23)cc1. The first-order chi connectivity index (χ1) is 14.5. The second kappa shape index (κ2) is 6.73. The zero-order chi connectivity index (χ0) is 20.8. The maximum Gasteiger partial charge on any atom is 0.337 e. The number of benzene rings is 2. The number of carboxylic acid groups (broad SMARTS) is 1. The number of aromatic amines is 1. The van der Waals surface area contributed by atoms with Crippen molar-refractivity contribution < 1.29 is 14.6 Å². The highest BCUT2D eigenvalue weighted by molar-refractivity contribution is 6.03. The summed E-state index contributed by atoms with van der Waals surface area (Å²) in [6.45, 7) is 2.03. The van der Waals surface area contributed by atoms with Gasteiger partial charge in [-0.15, -0.1) is 0 Å². The third-order valence-electron chi connectivity index (χ3n) is 5.08. The lowest BCUT2D eigenvalue weighted by atomic mass is 10.1. The molecule has 5 aromatic rings. The van der Waals surface area contributed by atoms with Gasteiger partial charge >= 0.3 is 5.97 Å². The van der Waals surface area contributed by atoms with Crippen molar-refractivity contribution >= 4 is 27.9 Å². The van der Waals surface area contributed by atoms with Crippen LogP contribution >= 0.6 is 0 Å². The van der Waals surface area contributed by atoms with Crippen LogP contribution in [0.1, 0.15) is 15.9 Å². The van der Waals surface area contributed by atoms with Gasteiger partial charge in [-0.05, 0) is 37.3 Å². The highest BCUT2D eigenvalue weighted by Gasteiger charge is 2.19. The smallest absolute Gasteiger partial charge is 0.337 e. The van der Waals surface area contributed by atoms with Crippen molar-refractivity contribution in [2.45, 2.75) is 6.92 Å². The van der Waals surface area contributed by atoms with Crippen LogP contribution in [0.3, 0.4) is 0 Å². The van der Waals surface area contributed by atoms with E-state index < -0.39 is 5.97 Å². The lowest BCUT2D eigenvalue weighted by molar-refractivity contribution is 0.0698. The molecule has 0 radical (unpaired) electrons. The molecule has 0 aliphatic heterocycles. The number of pyridine rings is 1. The third-order valence-corrected chi connectivity index (χ3v) is 5.08. The number of hydrogen-bond acceptors (Lipinski definition) is 4. The summed E-state index contributed by atoms with van der Waals surface area (Å²) in [6.07, 6.45) is 1.49. The molecule has 2 N–H and O–H groups in total. The van der Waals surface area contributed by atoms with E-state index in [4.69, 9.17) is 4.74 Å². The monoisotopic (exact) mass is 398 g/mol. The van der Waals surface area contributed by atoms with E-state index >= 15 is 0 Å². The first-order valence-corrected chi connectivity index (χ1v) is 9.43. The van der Waals surface area contributed by atoms with Gasteiger partial charge in [0.05, 0.1) is 22.3 Å². The summed E-state index contributed by atoms with van der Waals surface area (Å²) in [4.78, 5) is 19.0. The van der Waals surface area contributed by atoms with Crippen LogP contribution in [0.4, 0.5) is 0 Å². The van der Waals surface area contributed by atoms with Crippen LogP contribution in [0.5, 0.6) is 11.5 Å². The van der Waals surface area contributed by atoms with Gasteiger partial charge in [-0.3, -0.25) is 9.67 Å². The quantitative estimate of drug-likeness (QED) is 0.448. The molecule has 0 unspecified atom stereocenters. The highest BCUT2D eigenvalue weighted by atomic mass is 16.5. The normalized spacial score (nSPS) is 11.3. The maximum absolute atomic E-state index is 11.5. The molecule has 0 atom stereocenters. The van der Waals surface area contributed by atoms with Crippen molar-refractivity contribution in [2.75, 3.05) is 0 Å². The summed E-state index contributed by atoms with van der Waals surface area (Å²) in [5.41, 5.74) is 4.65. The third kappa shape index (κ3) is 2.88. The number of rotatable bonds is 4. The largest absolute Gasteiger partial charge is 0.478 e. The Morgan fingerprint density at radius 2 is 1.93 bits per heavy atom. The summed E-state index contributed by atoms with van der Waals surface area (Å²) in [7, 11) is 1.86. The average molecular weight is 398 g/mol. The lowest BCUT2D eigenvalue weighted by Gasteiger charge is -2.08. The summed E-state index contributed by atoms with van der Waals surface area (Å²) in [6, 6.07) is 17.0. The molecule has 0 bridgehead atoms. The van der Waals surface area contributed by atoms with Gasteiger partial charge in [0.2, 0.25) is 0 Å². The lowest BCUT2D eigenvalue weighted by Crippen LogP contribution is -1.97. The molecule has 3 aromatic heterocycles. The molecule has 148 valence electrons. The minimum atomic E-state index is -1.00. The molecular weight excluding hydrogens is 380 g/mol. The number of nitrogens with zero attached hydrogens (tertiary/aromatic N) is 3. The van der Waals surface area contributed by atoms with Crippen LogP contribution in [0.25, 0.3) is 33.3 Å². The van der Waals surface area contributed by atoms with Crippen LogP contribution in [0, 0.1) is 6.92 Å². The molecule has 0 saturated carbocycles. The molecule has 7 nitrogen and oxygen atoms in total. The van der Waals surface area contributed by atoms with E-state index in [1.807, 2.05) is 62.5 Å². The topological polar surface area (TPSA) is 93.0 Å². The zero-order valence-electron chi connectivity index (χ0n) is 16.4. The van der Waals surface area contributed by atoms with Crippen molar-refractivity contribution in [2.24, 2.45) is 7.05 Å². The molecule has 30 heavy (non-hydrogen) atoms. The molecule has 0 aliphatic carbocycles. The molecule has 0 saturated heterocycles. The van der Waals surface area contributed by atoms with Gasteiger partial charge in [0.25, 0.3) is 0 Å². The Kier molecular flexibility index (Phi) is 4.03. The second-order valence-electron chi connectivity index (χ2n) is 7.15. The fourth-order valence-corrected chi connectivity index (χ4v) is 3.65. The highest BCUT2D eigenvalue weighted by Crippen LogP contribution is 2.36. The number of nitrogens with one attached hydrogen (secondary N) is 1. The number of aromatic nitrogens is 4. The molecule has 0 aliphatic rings. The maximum atomic E-state index is 11.5. The Bertz CT molecular complexity index is 1410. The standard InChI is InChI=1S/C23H18N4O3/c1-13-6-8-14(9-7-13)30-19-5-3-4-15-21(26-27(2)22(15)19)18-12-17-20(25-18)16(23(28)29)10-11-24-17/h3-12,25H,1-2H3,(H,28,29). The van der Waals surface area contributed by atoms with E-state index in [0.717, 1.165) is 22.2 Å². The summed E-state index contributed by atoms with van der Waals surface area (Å²) >= 11 is 0. The van der Waals surface area contributed by atoms with E-state index in [1.165, 1.54) is 12.3 Å². The molecule has 0 fully saturated rings. The van der Waals surface area contributed by atoms with Gasteiger partial charge in [0, 0.05) is 18.6 Å². The number of hydrogen-bond donors (Lipinski definition) is 2. The fraction of sp³-hybridized carbons (Fsp3) is 0.0870. The molecule has 2 aromatic carbocycles. The number of para-hydroxylation sites is 1. The van der Waals surface area contributed by atoms with Crippen LogP contribution in [0.2, 0.25) is 0 Å². The number of H-pyrrole nitrogens is 1. The molecular formula is C23H18N4O3. The minimum absolute atomic E-state index is 0.176. The summed E-state index contributed by atoms with van der Waals surface area (Å²) < 4.78 is 7.89. The van der Waals surface area contributed by atoms with E-state index in [0.29, 0.717) is 28.2 Å². The Morgan fingerprint density at radius 1 is 1.13 bits per heavy atom. The first kappa shape index (κ1) is 17.9. The van der Waals surface area contributed by atoms with Gasteiger partial charge in [-0.25, -0.2) is 4.79 Å². The van der Waals surface area contributed by atoms with Gasteiger partial charge in [0.1, 0.15) is 17.0 Å². The minimum Gasteiger partial charge on any atom is -0.478 e. The Labute approximate surface area is 171 Å². The van der Waals surface area contributed by atoms with Crippen molar-refractivity contribution in [3.8, 4) is 22.9 Å². The molecule has 3 heterocycles. The first-order valence-electron chi connectivity index (χ1n) is 9.43. The van der Waals surface area contributed by atoms with Crippen molar-refractivity contribution in [1.29, 1.82) is 0 Å². The van der Waals surface area contributed by atoms with Gasteiger partial charge < -0.3 is 14.8 Å². The van der Waals surface area contributed by atoms with Crippen LogP contribution in [0.15, 0.2) is 60.8 Å². The van der Waals surface area contributed by atoms with E-state index in [1.54, 1.807) is 4.68 Å². The molecule has 0 spiro atoms. The molecule has 7 heteroatoms. The number of carboxylic acids is 1. The number of ether oxygens (including phenoxy) is 1. The van der Waals surface area contributed by atoms with Crippen molar-refractivity contribution in [3.05, 3.63) is 71.9 Å². The van der Waals surface area contributed by atoms with Crippen molar-refractivity contribution in [3.63, 3.8) is 0 Å². The number of carbonyl (C=O) groups is 1. The predicted octanol–water partition coefficient (Wildman–Crippen LogP) is 4.92. The van der Waals surface area contributed by atoms with E-state index in [9.17, 15) is 9.90 Å². The second-order valence-corrected chi connectivity index (χ2v) is 7.15. The number of aryl methyl sites for hydroxylation is 2. The van der Waals surface area contributed by atoms with Crippen LogP contribution in [-0.2, 0) is 7.05 Å². The number of fused-ring (bicyclic) bond motifs is 2. The van der Waals surface area contributed by atoms with E-state index in [2.05, 4.69) is 15.1 Å². The fourth-order valence-electron chi connectivity index (χ4n) is 3.65. The average Bonchev–Trinajstić information content (AvgIpc) is 3.31. The predicted molar refractivity (Wildman–Crippen MR) is 114 cm³/mol. The Morgan fingerprint density at radius 3 is 2.70 bits per heavy atom. The van der Waals surface area contributed by atoms with Gasteiger partial charge in [0.15, 0.2) is 5.75 Å². The van der Waals surface area contributed by atoms with E-state index in [-0.39, 0.29) is 5.56 Å². The summed E-state index contributed by atoms with van der Waals surface area (Å²) in [5.74, 6) is 0.435. The Hall–Kier alpha value is -4.13. The zero-order valence-corrected chi connectivity index (χ0v) is 16.4. The molecule has 5 rings (SSSR count). The number of aromatic carboxylic acids is 1. The molecule has 0 amide bonds. The summed E-state index contributed by atoms with van der Waals surface area (Å²) in [5, 5.41) is 15.0. The Balaban J connectivity index is 1.65. The van der Waals surface area contributed by atoms with Gasteiger partial charge in [-0.2, -0.15) is 5.10 Å². The van der Waals surface area contributed by atoms with Crippen LogP contribution in [-0.4, -0.2) is 30.8 Å². The van der Waals surface area contributed by atoms with Gasteiger partial charge in [-0.1, -0.05) is 29.8 Å². The van der Waals surface area contributed by atoms with Crippen molar-refractivity contribution in [1.82, 2.24) is 19.7 Å². The van der Waals surface area contributed by atoms with Crippen LogP contribution < -0.4 is 4.74 Å².